The van der Waals surface area contributed by atoms with Crippen LogP contribution in [0.25, 0.3) is 0 Å². The van der Waals surface area contributed by atoms with Crippen molar-refractivity contribution in [3.63, 3.8) is 0 Å². The van der Waals surface area contributed by atoms with Gasteiger partial charge in [0.05, 0.1) is 5.92 Å². The molecule has 0 radical (unpaired) electrons. The lowest BCUT2D eigenvalue weighted by Gasteiger charge is -1.98. The Morgan fingerprint density at radius 1 is 1.54 bits per heavy atom. The van der Waals surface area contributed by atoms with Gasteiger partial charge in [-0.3, -0.25) is 4.79 Å². The number of carboxylic acids is 1. The fraction of sp³-hybridized carbons (Fsp3) is 0.333. The number of nitrogens with zero attached hydrogens (tertiary/aromatic N) is 1. The maximum atomic E-state index is 10.7. The monoisotopic (exact) mass is 197 g/mol. The molecule has 0 aliphatic heterocycles. The standard InChI is InChI=1S/C9H8ClNO2/c10-8-2-1-5-3-6(9(12)13)4-7(5)11-8/h1-2,6H,3-4H2,(H,12,13). The molecule has 4 heteroatoms. The summed E-state index contributed by atoms with van der Waals surface area (Å²) in [6, 6.07) is 3.55. The first-order valence-electron chi connectivity index (χ1n) is 4.04. The SMILES string of the molecule is O=C(O)C1Cc2ccc(Cl)nc2C1. The number of halogens is 1. The van der Waals surface area contributed by atoms with E-state index in [-0.39, 0.29) is 5.92 Å². The van der Waals surface area contributed by atoms with Crippen LogP contribution in [0.2, 0.25) is 5.15 Å². The summed E-state index contributed by atoms with van der Waals surface area (Å²) in [5.74, 6) is -1.07. The molecule has 0 spiro atoms. The number of pyridine rings is 1. The Kier molecular flexibility index (Phi) is 1.96. The van der Waals surface area contributed by atoms with E-state index in [1.165, 1.54) is 0 Å². The summed E-state index contributed by atoms with van der Waals surface area (Å²) in [7, 11) is 0. The molecule has 1 aromatic heterocycles. The Hall–Kier alpha value is -1.09. The van der Waals surface area contributed by atoms with Gasteiger partial charge in [0, 0.05) is 12.1 Å². The van der Waals surface area contributed by atoms with E-state index in [0.29, 0.717) is 18.0 Å². The highest BCUT2D eigenvalue weighted by molar-refractivity contribution is 6.29. The van der Waals surface area contributed by atoms with Crippen molar-refractivity contribution in [2.24, 2.45) is 5.92 Å². The summed E-state index contributed by atoms with van der Waals surface area (Å²) in [6.45, 7) is 0. The molecule has 13 heavy (non-hydrogen) atoms. The van der Waals surface area contributed by atoms with Crippen molar-refractivity contribution in [2.45, 2.75) is 12.8 Å². The predicted molar refractivity (Wildman–Crippen MR) is 47.8 cm³/mol. The Bertz CT molecular complexity index is 365. The van der Waals surface area contributed by atoms with E-state index in [1.807, 2.05) is 6.07 Å². The topological polar surface area (TPSA) is 50.2 Å². The van der Waals surface area contributed by atoms with Gasteiger partial charge in [0.1, 0.15) is 5.15 Å². The van der Waals surface area contributed by atoms with Crippen molar-refractivity contribution in [3.05, 3.63) is 28.5 Å². The first-order valence-corrected chi connectivity index (χ1v) is 4.41. The normalized spacial score (nSPS) is 19.9. The highest BCUT2D eigenvalue weighted by atomic mass is 35.5. The van der Waals surface area contributed by atoms with Gasteiger partial charge >= 0.3 is 5.97 Å². The van der Waals surface area contributed by atoms with E-state index in [4.69, 9.17) is 16.7 Å². The number of hydrogen-bond donors (Lipinski definition) is 1. The number of rotatable bonds is 1. The molecule has 68 valence electrons. The second-order valence-electron chi connectivity index (χ2n) is 3.18. The van der Waals surface area contributed by atoms with Crippen LogP contribution in [0.1, 0.15) is 11.3 Å². The summed E-state index contributed by atoms with van der Waals surface area (Å²) in [5, 5.41) is 9.23. The number of aromatic nitrogens is 1. The quantitative estimate of drug-likeness (QED) is 0.695. The van der Waals surface area contributed by atoms with Gasteiger partial charge < -0.3 is 5.11 Å². The van der Waals surface area contributed by atoms with Crippen molar-refractivity contribution >= 4 is 17.6 Å². The van der Waals surface area contributed by atoms with Gasteiger partial charge in [0.2, 0.25) is 0 Å². The third-order valence-corrected chi connectivity index (χ3v) is 2.50. The Labute approximate surface area is 80.4 Å². The lowest BCUT2D eigenvalue weighted by Crippen LogP contribution is -2.13. The summed E-state index contributed by atoms with van der Waals surface area (Å²) in [5.41, 5.74) is 1.84. The fourth-order valence-corrected chi connectivity index (χ4v) is 1.78. The molecule has 3 nitrogen and oxygen atoms in total. The van der Waals surface area contributed by atoms with Crippen molar-refractivity contribution in [2.75, 3.05) is 0 Å². The van der Waals surface area contributed by atoms with Gasteiger partial charge in [0.15, 0.2) is 0 Å². The zero-order valence-electron chi connectivity index (χ0n) is 6.83. The van der Waals surface area contributed by atoms with Crippen LogP contribution in [-0.4, -0.2) is 16.1 Å². The van der Waals surface area contributed by atoms with E-state index in [2.05, 4.69) is 4.98 Å². The van der Waals surface area contributed by atoms with Crippen LogP contribution in [0.15, 0.2) is 12.1 Å². The first-order chi connectivity index (χ1) is 6.16. The van der Waals surface area contributed by atoms with E-state index in [0.717, 1.165) is 11.3 Å². The number of carboxylic acid groups (broad SMARTS) is 1. The number of fused-ring (bicyclic) bond motifs is 1. The fourth-order valence-electron chi connectivity index (χ4n) is 1.61. The van der Waals surface area contributed by atoms with E-state index in [1.54, 1.807) is 6.07 Å². The van der Waals surface area contributed by atoms with Crippen LogP contribution in [0.3, 0.4) is 0 Å². The molecule has 1 unspecified atom stereocenters. The predicted octanol–water partition coefficient (Wildman–Crippen LogP) is 1.53. The molecule has 0 saturated carbocycles. The minimum Gasteiger partial charge on any atom is -0.481 e. The Balaban J connectivity index is 2.30. The lowest BCUT2D eigenvalue weighted by molar-refractivity contribution is -0.141. The molecular weight excluding hydrogens is 190 g/mol. The van der Waals surface area contributed by atoms with Crippen LogP contribution < -0.4 is 0 Å². The molecule has 0 bridgehead atoms. The second kappa shape index (κ2) is 3.00. The number of aliphatic carboxylic acids is 1. The summed E-state index contributed by atoms with van der Waals surface area (Å²) in [6.07, 6.45) is 1.08. The van der Waals surface area contributed by atoms with Crippen LogP contribution in [-0.2, 0) is 17.6 Å². The zero-order chi connectivity index (χ0) is 9.42. The Morgan fingerprint density at radius 3 is 3.00 bits per heavy atom. The average molecular weight is 198 g/mol. The summed E-state index contributed by atoms with van der Waals surface area (Å²) in [4.78, 5) is 14.8. The van der Waals surface area contributed by atoms with Gasteiger partial charge in [-0.1, -0.05) is 17.7 Å². The smallest absolute Gasteiger partial charge is 0.307 e. The van der Waals surface area contributed by atoms with Crippen molar-refractivity contribution in [3.8, 4) is 0 Å². The van der Waals surface area contributed by atoms with Crippen molar-refractivity contribution in [1.82, 2.24) is 4.98 Å². The molecule has 1 atom stereocenters. The van der Waals surface area contributed by atoms with Crippen LogP contribution in [0.5, 0.6) is 0 Å². The zero-order valence-corrected chi connectivity index (χ0v) is 7.58. The van der Waals surface area contributed by atoms with E-state index < -0.39 is 5.97 Å². The summed E-state index contributed by atoms with van der Waals surface area (Å²) < 4.78 is 0. The maximum Gasteiger partial charge on any atom is 0.307 e. The minimum absolute atomic E-state index is 0.319. The second-order valence-corrected chi connectivity index (χ2v) is 3.57. The number of carbonyl (C=O) groups is 1. The van der Waals surface area contributed by atoms with Gasteiger partial charge in [-0.15, -0.1) is 0 Å². The third kappa shape index (κ3) is 1.52. The third-order valence-electron chi connectivity index (χ3n) is 2.29. The molecule has 2 rings (SSSR count). The highest BCUT2D eigenvalue weighted by Gasteiger charge is 2.27. The molecule has 0 saturated heterocycles. The molecule has 1 N–H and O–H groups in total. The van der Waals surface area contributed by atoms with Crippen LogP contribution in [0, 0.1) is 5.92 Å². The Morgan fingerprint density at radius 2 is 2.31 bits per heavy atom. The molecule has 0 fully saturated rings. The summed E-state index contributed by atoms with van der Waals surface area (Å²) >= 11 is 5.69. The first kappa shape index (κ1) is 8.51. The molecule has 1 aliphatic carbocycles. The molecule has 0 aromatic carbocycles. The van der Waals surface area contributed by atoms with Crippen LogP contribution in [0.4, 0.5) is 0 Å². The largest absolute Gasteiger partial charge is 0.481 e. The minimum atomic E-state index is -0.755. The van der Waals surface area contributed by atoms with E-state index >= 15 is 0 Å². The molecular formula is C9H8ClNO2. The lowest BCUT2D eigenvalue weighted by atomic mass is 10.1. The molecule has 1 aromatic rings. The van der Waals surface area contributed by atoms with Crippen molar-refractivity contribution in [1.29, 1.82) is 0 Å². The van der Waals surface area contributed by atoms with Crippen molar-refractivity contribution < 1.29 is 9.90 Å². The van der Waals surface area contributed by atoms with E-state index in [9.17, 15) is 4.79 Å². The number of hydrogen-bond acceptors (Lipinski definition) is 2. The molecule has 1 aliphatic rings. The van der Waals surface area contributed by atoms with Gasteiger partial charge in [-0.2, -0.15) is 0 Å². The average Bonchev–Trinajstić information content (AvgIpc) is 2.46. The van der Waals surface area contributed by atoms with Crippen LogP contribution >= 0.6 is 11.6 Å². The van der Waals surface area contributed by atoms with Gasteiger partial charge in [-0.25, -0.2) is 4.98 Å². The maximum absolute atomic E-state index is 10.7. The van der Waals surface area contributed by atoms with Gasteiger partial charge in [0.25, 0.3) is 0 Å². The van der Waals surface area contributed by atoms with Gasteiger partial charge in [-0.05, 0) is 18.1 Å². The molecule has 1 heterocycles. The highest BCUT2D eigenvalue weighted by Crippen LogP contribution is 2.26. The molecule has 0 amide bonds.